The molecule has 2 aliphatic heterocycles. The Morgan fingerprint density at radius 2 is 1.81 bits per heavy atom. The first-order chi connectivity index (χ1) is 15.3. The standard InChI is InChI=1S/C24H29N5O2S/c1-23-8-9-24(2,28-23)14-17(13-23)29(3)22-27-26-21(32-22)18-6-5-15(11-19(18)30)16-7-10-25-20(12-16)31-4/h5-7,10-12,17,28,30H,8-9,13-14H2,1-4H3/t17?,23-,24+. The van der Waals surface area contributed by atoms with Gasteiger partial charge in [-0.2, -0.15) is 0 Å². The maximum Gasteiger partial charge on any atom is 0.213 e. The average Bonchev–Trinajstić information content (AvgIpc) is 3.34. The van der Waals surface area contributed by atoms with E-state index in [1.807, 2.05) is 24.3 Å². The molecule has 7 nitrogen and oxygen atoms in total. The van der Waals surface area contributed by atoms with Gasteiger partial charge in [0, 0.05) is 36.4 Å². The lowest BCUT2D eigenvalue weighted by Gasteiger charge is -2.45. The van der Waals surface area contributed by atoms with Gasteiger partial charge in [-0.3, -0.25) is 0 Å². The van der Waals surface area contributed by atoms with Crippen molar-refractivity contribution in [3.63, 3.8) is 0 Å². The summed E-state index contributed by atoms with van der Waals surface area (Å²) >= 11 is 1.52. The van der Waals surface area contributed by atoms with Gasteiger partial charge in [0.2, 0.25) is 11.0 Å². The van der Waals surface area contributed by atoms with Crippen LogP contribution in [0.4, 0.5) is 5.13 Å². The number of phenolic OH excluding ortho intramolecular Hbond substituents is 1. The smallest absolute Gasteiger partial charge is 0.213 e. The largest absolute Gasteiger partial charge is 0.507 e. The molecule has 8 heteroatoms. The number of hydrogen-bond donors (Lipinski definition) is 2. The fraction of sp³-hybridized carbons (Fsp3) is 0.458. The number of aromatic nitrogens is 3. The van der Waals surface area contributed by atoms with E-state index >= 15 is 0 Å². The summed E-state index contributed by atoms with van der Waals surface area (Å²) < 4.78 is 5.21. The zero-order valence-electron chi connectivity index (χ0n) is 18.9. The molecule has 5 rings (SSSR count). The molecule has 168 valence electrons. The summed E-state index contributed by atoms with van der Waals surface area (Å²) in [7, 11) is 3.71. The van der Waals surface area contributed by atoms with E-state index in [1.165, 1.54) is 24.2 Å². The Morgan fingerprint density at radius 1 is 1.09 bits per heavy atom. The van der Waals surface area contributed by atoms with Crippen LogP contribution in [-0.2, 0) is 0 Å². The summed E-state index contributed by atoms with van der Waals surface area (Å²) in [6, 6.07) is 9.78. The number of rotatable bonds is 5. The van der Waals surface area contributed by atoms with Crippen molar-refractivity contribution in [1.82, 2.24) is 20.5 Å². The van der Waals surface area contributed by atoms with Crippen LogP contribution < -0.4 is 15.0 Å². The van der Waals surface area contributed by atoms with Crippen LogP contribution in [-0.4, -0.2) is 51.6 Å². The first-order valence-corrected chi connectivity index (χ1v) is 11.8. The summed E-state index contributed by atoms with van der Waals surface area (Å²) in [5.41, 5.74) is 2.91. The molecule has 2 aromatic heterocycles. The number of nitrogens with one attached hydrogen (secondary N) is 1. The molecule has 1 unspecified atom stereocenters. The molecule has 1 aromatic carbocycles. The molecular formula is C24H29N5O2S. The summed E-state index contributed by atoms with van der Waals surface area (Å²) in [6.07, 6.45) is 6.34. The van der Waals surface area contributed by atoms with Crippen molar-refractivity contribution in [2.24, 2.45) is 0 Å². The number of hydrogen-bond acceptors (Lipinski definition) is 8. The second-order valence-electron chi connectivity index (χ2n) is 9.63. The predicted octanol–water partition coefficient (Wildman–Crippen LogP) is 4.48. The van der Waals surface area contributed by atoms with Gasteiger partial charge < -0.3 is 20.1 Å². The Kier molecular flexibility index (Phi) is 5.09. The number of anilines is 1. The normalized spacial score (nSPS) is 26.8. The second kappa shape index (κ2) is 7.71. The second-order valence-corrected chi connectivity index (χ2v) is 10.6. The minimum atomic E-state index is 0.184. The van der Waals surface area contributed by atoms with Crippen molar-refractivity contribution in [2.75, 3.05) is 19.1 Å². The molecule has 0 radical (unpaired) electrons. The predicted molar refractivity (Wildman–Crippen MR) is 127 cm³/mol. The van der Waals surface area contributed by atoms with E-state index in [4.69, 9.17) is 4.74 Å². The molecule has 0 aliphatic carbocycles. The topological polar surface area (TPSA) is 83.4 Å². The number of piperidine rings is 1. The monoisotopic (exact) mass is 451 g/mol. The van der Waals surface area contributed by atoms with E-state index in [0.29, 0.717) is 17.5 Å². The van der Waals surface area contributed by atoms with Crippen LogP contribution in [0.15, 0.2) is 36.5 Å². The molecule has 2 bridgehead atoms. The fourth-order valence-corrected chi connectivity index (χ4v) is 6.23. The fourth-order valence-electron chi connectivity index (χ4n) is 5.31. The minimum Gasteiger partial charge on any atom is -0.507 e. The summed E-state index contributed by atoms with van der Waals surface area (Å²) in [4.78, 5) is 6.42. The zero-order chi connectivity index (χ0) is 22.5. The molecule has 0 saturated carbocycles. The number of phenols is 1. The van der Waals surface area contributed by atoms with E-state index in [9.17, 15) is 5.11 Å². The van der Waals surface area contributed by atoms with Crippen molar-refractivity contribution < 1.29 is 9.84 Å². The lowest BCUT2D eigenvalue weighted by atomic mass is 9.84. The quantitative estimate of drug-likeness (QED) is 0.592. The van der Waals surface area contributed by atoms with Gasteiger partial charge in [0.05, 0.1) is 12.7 Å². The van der Waals surface area contributed by atoms with Crippen molar-refractivity contribution in [3.05, 3.63) is 36.5 Å². The van der Waals surface area contributed by atoms with Crippen LogP contribution >= 0.6 is 11.3 Å². The molecule has 32 heavy (non-hydrogen) atoms. The summed E-state index contributed by atoms with van der Waals surface area (Å²) in [6.45, 7) is 4.67. The Labute approximate surface area is 192 Å². The van der Waals surface area contributed by atoms with E-state index in [0.717, 1.165) is 34.1 Å². The molecule has 2 saturated heterocycles. The van der Waals surface area contributed by atoms with E-state index < -0.39 is 0 Å². The van der Waals surface area contributed by atoms with Crippen LogP contribution in [0.25, 0.3) is 21.7 Å². The van der Waals surface area contributed by atoms with Gasteiger partial charge >= 0.3 is 0 Å². The molecule has 3 atom stereocenters. The highest BCUT2D eigenvalue weighted by atomic mass is 32.1. The highest BCUT2D eigenvalue weighted by molar-refractivity contribution is 7.18. The Morgan fingerprint density at radius 3 is 2.50 bits per heavy atom. The molecule has 2 aliphatic rings. The number of fused-ring (bicyclic) bond motifs is 2. The molecule has 3 aromatic rings. The summed E-state index contributed by atoms with van der Waals surface area (Å²) in [5.74, 6) is 0.723. The number of nitrogens with zero attached hydrogens (tertiary/aromatic N) is 4. The number of pyridine rings is 1. The van der Waals surface area contributed by atoms with Crippen LogP contribution in [0.2, 0.25) is 0 Å². The molecule has 2 fully saturated rings. The Hall–Kier alpha value is -2.71. The molecule has 4 heterocycles. The van der Waals surface area contributed by atoms with Crippen molar-refractivity contribution in [3.8, 4) is 33.3 Å². The SMILES string of the molecule is COc1cc(-c2ccc(-c3nnc(N(C)C4C[C@]5(C)CC[C@](C)(C4)N5)s3)c(O)c2)ccn1. The lowest BCUT2D eigenvalue weighted by Crippen LogP contribution is -2.58. The summed E-state index contributed by atoms with van der Waals surface area (Å²) in [5, 5.41) is 25.1. The van der Waals surface area contributed by atoms with E-state index in [-0.39, 0.29) is 16.8 Å². The van der Waals surface area contributed by atoms with Gasteiger partial charge in [0.25, 0.3) is 0 Å². The maximum atomic E-state index is 10.7. The van der Waals surface area contributed by atoms with E-state index in [2.05, 4.69) is 46.3 Å². The molecule has 2 N–H and O–H groups in total. The number of methoxy groups -OCH3 is 1. The Balaban J connectivity index is 1.37. The van der Waals surface area contributed by atoms with Gasteiger partial charge in [-0.05, 0) is 68.9 Å². The minimum absolute atomic E-state index is 0.184. The van der Waals surface area contributed by atoms with Crippen molar-refractivity contribution >= 4 is 16.5 Å². The first kappa shape index (κ1) is 21.2. The third kappa shape index (κ3) is 3.82. The number of ether oxygens (including phenoxy) is 1. The van der Waals surface area contributed by atoms with Crippen LogP contribution in [0.3, 0.4) is 0 Å². The number of benzene rings is 1. The van der Waals surface area contributed by atoms with Gasteiger partial charge in [-0.25, -0.2) is 4.98 Å². The van der Waals surface area contributed by atoms with Gasteiger partial charge in [-0.15, -0.1) is 10.2 Å². The van der Waals surface area contributed by atoms with Crippen LogP contribution in [0.5, 0.6) is 11.6 Å². The highest BCUT2D eigenvalue weighted by Crippen LogP contribution is 2.45. The molecule has 0 spiro atoms. The van der Waals surface area contributed by atoms with Crippen molar-refractivity contribution in [2.45, 2.75) is 56.7 Å². The zero-order valence-corrected chi connectivity index (χ0v) is 19.7. The maximum absolute atomic E-state index is 10.7. The van der Waals surface area contributed by atoms with E-state index in [1.54, 1.807) is 19.4 Å². The Bertz CT molecular complexity index is 1130. The van der Waals surface area contributed by atoms with Gasteiger partial charge in [0.1, 0.15) is 5.75 Å². The molecule has 0 amide bonds. The third-order valence-corrected chi connectivity index (χ3v) is 8.02. The van der Waals surface area contributed by atoms with Gasteiger partial charge in [-0.1, -0.05) is 17.4 Å². The van der Waals surface area contributed by atoms with Gasteiger partial charge in [0.15, 0.2) is 5.01 Å². The highest BCUT2D eigenvalue weighted by Gasteiger charge is 2.49. The lowest BCUT2D eigenvalue weighted by molar-refractivity contribution is 0.208. The third-order valence-electron chi connectivity index (χ3n) is 6.97. The van der Waals surface area contributed by atoms with Crippen LogP contribution in [0.1, 0.15) is 39.5 Å². The van der Waals surface area contributed by atoms with Crippen LogP contribution in [0, 0.1) is 0 Å². The molecular weight excluding hydrogens is 422 g/mol. The average molecular weight is 452 g/mol. The first-order valence-electron chi connectivity index (χ1n) is 11.0. The van der Waals surface area contributed by atoms with Crippen molar-refractivity contribution in [1.29, 1.82) is 0 Å². The number of aromatic hydroxyl groups is 1.